The fraction of sp³-hybridized carbons (Fsp3) is 0.167. The van der Waals surface area contributed by atoms with Gasteiger partial charge in [0.05, 0.1) is 17.5 Å². The molecule has 0 unspecified atom stereocenters. The molecule has 6 nitrogen and oxygen atoms in total. The summed E-state index contributed by atoms with van der Waals surface area (Å²) < 4.78 is 1.69. The SMILES string of the molecule is O=C(c1ccccc1)c1cnn2c(-c3cccc(CNC(=O)C4CC4)c3)ccnc12. The van der Waals surface area contributed by atoms with Crippen LogP contribution in [0.15, 0.2) is 73.1 Å². The molecule has 0 aliphatic heterocycles. The Balaban J connectivity index is 1.46. The average molecular weight is 396 g/mol. The van der Waals surface area contributed by atoms with Crippen molar-refractivity contribution in [2.75, 3.05) is 0 Å². The van der Waals surface area contributed by atoms with Gasteiger partial charge < -0.3 is 5.32 Å². The van der Waals surface area contributed by atoms with Gasteiger partial charge >= 0.3 is 0 Å². The highest BCUT2D eigenvalue weighted by molar-refractivity contribution is 6.12. The first kappa shape index (κ1) is 18.2. The van der Waals surface area contributed by atoms with Crippen molar-refractivity contribution in [3.63, 3.8) is 0 Å². The van der Waals surface area contributed by atoms with E-state index >= 15 is 0 Å². The maximum absolute atomic E-state index is 12.9. The molecular weight excluding hydrogens is 376 g/mol. The van der Waals surface area contributed by atoms with Crippen LogP contribution in [0.1, 0.15) is 34.3 Å². The number of hydrogen-bond acceptors (Lipinski definition) is 4. The summed E-state index contributed by atoms with van der Waals surface area (Å²) in [5.74, 6) is 0.215. The smallest absolute Gasteiger partial charge is 0.223 e. The monoisotopic (exact) mass is 396 g/mol. The molecular formula is C24H20N4O2. The van der Waals surface area contributed by atoms with Crippen LogP contribution in [0.3, 0.4) is 0 Å². The molecule has 2 aromatic heterocycles. The third-order valence-corrected chi connectivity index (χ3v) is 5.32. The van der Waals surface area contributed by atoms with Crippen molar-refractivity contribution >= 4 is 17.3 Å². The van der Waals surface area contributed by atoms with Crippen molar-refractivity contribution in [2.24, 2.45) is 5.92 Å². The highest BCUT2D eigenvalue weighted by Gasteiger charge is 2.29. The summed E-state index contributed by atoms with van der Waals surface area (Å²) in [7, 11) is 0. The number of ketones is 1. The zero-order valence-electron chi connectivity index (χ0n) is 16.3. The van der Waals surface area contributed by atoms with Crippen molar-refractivity contribution < 1.29 is 9.59 Å². The van der Waals surface area contributed by atoms with E-state index in [0.29, 0.717) is 23.3 Å². The summed E-state index contributed by atoms with van der Waals surface area (Å²) in [5, 5.41) is 7.44. The summed E-state index contributed by atoms with van der Waals surface area (Å²) in [5.41, 5.74) is 4.39. The molecule has 0 atom stereocenters. The molecule has 1 aliphatic carbocycles. The number of fused-ring (bicyclic) bond motifs is 1. The highest BCUT2D eigenvalue weighted by Crippen LogP contribution is 2.29. The van der Waals surface area contributed by atoms with E-state index in [-0.39, 0.29) is 17.6 Å². The second-order valence-corrected chi connectivity index (χ2v) is 7.51. The van der Waals surface area contributed by atoms with Gasteiger partial charge in [-0.15, -0.1) is 0 Å². The van der Waals surface area contributed by atoms with Gasteiger partial charge in [0.25, 0.3) is 0 Å². The number of amides is 1. The zero-order chi connectivity index (χ0) is 20.5. The Morgan fingerprint density at radius 2 is 1.87 bits per heavy atom. The number of carbonyl (C=O) groups is 2. The number of benzene rings is 2. The summed E-state index contributed by atoms with van der Waals surface area (Å²) >= 11 is 0. The highest BCUT2D eigenvalue weighted by atomic mass is 16.2. The molecule has 1 fully saturated rings. The standard InChI is InChI=1S/C24H20N4O2/c29-22(17-6-2-1-3-7-17)20-15-27-28-21(11-12-25-23(20)28)19-8-4-5-16(13-19)14-26-24(30)18-9-10-18/h1-8,11-13,15,18H,9-10,14H2,(H,26,30). The maximum atomic E-state index is 12.9. The van der Waals surface area contributed by atoms with Crippen LogP contribution in [0.2, 0.25) is 0 Å². The molecule has 1 aliphatic rings. The van der Waals surface area contributed by atoms with Crippen molar-refractivity contribution in [3.05, 3.63) is 89.7 Å². The Kier molecular flexibility index (Phi) is 4.59. The second-order valence-electron chi connectivity index (χ2n) is 7.51. The van der Waals surface area contributed by atoms with E-state index in [1.807, 2.05) is 48.5 Å². The minimum Gasteiger partial charge on any atom is -0.352 e. The van der Waals surface area contributed by atoms with E-state index in [1.165, 1.54) is 0 Å². The molecule has 0 bridgehead atoms. The predicted molar refractivity (Wildman–Crippen MR) is 113 cm³/mol. The summed E-state index contributed by atoms with van der Waals surface area (Å²) in [4.78, 5) is 29.2. The van der Waals surface area contributed by atoms with Gasteiger partial charge in [-0.05, 0) is 30.5 Å². The quantitative estimate of drug-likeness (QED) is 0.505. The fourth-order valence-electron chi connectivity index (χ4n) is 3.53. The minimum atomic E-state index is -0.105. The van der Waals surface area contributed by atoms with Crippen molar-refractivity contribution in [1.29, 1.82) is 0 Å². The molecule has 148 valence electrons. The molecule has 2 heterocycles. The van der Waals surface area contributed by atoms with Gasteiger partial charge in [-0.1, -0.05) is 48.5 Å². The van der Waals surface area contributed by atoms with Crippen LogP contribution in [0.5, 0.6) is 0 Å². The lowest BCUT2D eigenvalue weighted by Crippen LogP contribution is -2.24. The average Bonchev–Trinajstić information content (AvgIpc) is 3.56. The van der Waals surface area contributed by atoms with Gasteiger partial charge in [0, 0.05) is 29.8 Å². The Morgan fingerprint density at radius 1 is 1.03 bits per heavy atom. The second kappa shape index (κ2) is 7.55. The van der Waals surface area contributed by atoms with E-state index in [2.05, 4.69) is 15.4 Å². The van der Waals surface area contributed by atoms with Gasteiger partial charge in [-0.2, -0.15) is 5.10 Å². The van der Waals surface area contributed by atoms with E-state index in [0.717, 1.165) is 29.7 Å². The molecule has 1 N–H and O–H groups in total. The number of hydrogen-bond donors (Lipinski definition) is 1. The van der Waals surface area contributed by atoms with Crippen molar-refractivity contribution in [3.8, 4) is 11.3 Å². The van der Waals surface area contributed by atoms with E-state index in [4.69, 9.17) is 0 Å². The lowest BCUT2D eigenvalue weighted by Gasteiger charge is -2.09. The number of nitrogens with zero attached hydrogens (tertiary/aromatic N) is 3. The van der Waals surface area contributed by atoms with Crippen LogP contribution in [0.4, 0.5) is 0 Å². The first-order valence-electron chi connectivity index (χ1n) is 10.0. The van der Waals surface area contributed by atoms with Gasteiger partial charge in [0.1, 0.15) is 0 Å². The molecule has 2 aromatic carbocycles. The molecule has 6 heteroatoms. The van der Waals surface area contributed by atoms with Crippen LogP contribution in [0, 0.1) is 5.92 Å². The number of nitrogens with one attached hydrogen (secondary N) is 1. The van der Waals surface area contributed by atoms with Crippen molar-refractivity contribution in [2.45, 2.75) is 19.4 Å². The molecule has 5 rings (SSSR count). The van der Waals surface area contributed by atoms with Crippen LogP contribution in [0.25, 0.3) is 16.9 Å². The topological polar surface area (TPSA) is 76.4 Å². The fourth-order valence-corrected chi connectivity index (χ4v) is 3.53. The van der Waals surface area contributed by atoms with Crippen LogP contribution in [-0.4, -0.2) is 26.3 Å². The Labute approximate surface area is 173 Å². The Bertz CT molecular complexity index is 1240. The van der Waals surface area contributed by atoms with Crippen molar-refractivity contribution in [1.82, 2.24) is 19.9 Å². The third-order valence-electron chi connectivity index (χ3n) is 5.32. The predicted octanol–water partition coefficient (Wildman–Crippen LogP) is 3.65. The van der Waals surface area contributed by atoms with Crippen LogP contribution < -0.4 is 5.32 Å². The molecule has 30 heavy (non-hydrogen) atoms. The van der Waals surface area contributed by atoms with E-state index in [1.54, 1.807) is 29.0 Å². The Hall–Kier alpha value is -3.80. The number of aromatic nitrogens is 3. The molecule has 0 saturated heterocycles. The maximum Gasteiger partial charge on any atom is 0.223 e. The van der Waals surface area contributed by atoms with Gasteiger partial charge in [-0.3, -0.25) is 9.59 Å². The first-order valence-corrected chi connectivity index (χ1v) is 10.0. The molecule has 0 radical (unpaired) electrons. The summed E-state index contributed by atoms with van der Waals surface area (Å²) in [6.45, 7) is 0.494. The van der Waals surface area contributed by atoms with E-state index in [9.17, 15) is 9.59 Å². The lowest BCUT2D eigenvalue weighted by molar-refractivity contribution is -0.122. The normalized spacial score (nSPS) is 13.3. The first-order chi connectivity index (χ1) is 14.7. The Morgan fingerprint density at radius 3 is 2.67 bits per heavy atom. The molecule has 4 aromatic rings. The van der Waals surface area contributed by atoms with Crippen LogP contribution >= 0.6 is 0 Å². The molecule has 1 saturated carbocycles. The summed E-state index contributed by atoms with van der Waals surface area (Å²) in [6, 6.07) is 19.0. The lowest BCUT2D eigenvalue weighted by atomic mass is 10.1. The van der Waals surface area contributed by atoms with Gasteiger partial charge in [-0.25, -0.2) is 9.50 Å². The zero-order valence-corrected chi connectivity index (χ0v) is 16.3. The van der Waals surface area contributed by atoms with E-state index < -0.39 is 0 Å². The number of rotatable bonds is 6. The minimum absolute atomic E-state index is 0.105. The number of carbonyl (C=O) groups excluding carboxylic acids is 2. The van der Waals surface area contributed by atoms with Crippen LogP contribution in [-0.2, 0) is 11.3 Å². The molecule has 1 amide bonds. The largest absolute Gasteiger partial charge is 0.352 e. The van der Waals surface area contributed by atoms with Gasteiger partial charge in [0.2, 0.25) is 5.91 Å². The summed E-state index contributed by atoms with van der Waals surface area (Å²) in [6.07, 6.45) is 5.24. The van der Waals surface area contributed by atoms with Gasteiger partial charge in [0.15, 0.2) is 11.4 Å². The third kappa shape index (κ3) is 3.48. The molecule has 0 spiro atoms.